The second-order valence-corrected chi connectivity index (χ2v) is 4.31. The van der Waals surface area contributed by atoms with Gasteiger partial charge in [0.1, 0.15) is 5.75 Å². The molecule has 0 saturated carbocycles. The lowest BCUT2D eigenvalue weighted by Crippen LogP contribution is -2.15. The first-order valence-electron chi connectivity index (χ1n) is 4.91. The normalized spacial score (nSPS) is 12.5. The lowest BCUT2D eigenvalue weighted by Gasteiger charge is -2.08. The van der Waals surface area contributed by atoms with Gasteiger partial charge in [0, 0.05) is 10.6 Å². The van der Waals surface area contributed by atoms with E-state index in [0.717, 1.165) is 10.6 Å². The maximum absolute atomic E-state index is 9.49. The maximum Gasteiger partial charge on any atom is 0.118 e. The van der Waals surface area contributed by atoms with Gasteiger partial charge in [0.2, 0.25) is 0 Å². The molecule has 1 rings (SSSR count). The van der Waals surface area contributed by atoms with Crippen molar-refractivity contribution in [3.8, 4) is 5.75 Å². The first-order chi connectivity index (χ1) is 7.26. The predicted molar refractivity (Wildman–Crippen MR) is 63.4 cm³/mol. The highest BCUT2D eigenvalue weighted by Gasteiger charge is 2.03. The average molecular weight is 227 g/mol. The molecule has 0 aliphatic heterocycles. The SMILES string of the molecule is COc1ccc(SCC(O)CCN)cc1. The van der Waals surface area contributed by atoms with Gasteiger partial charge in [-0.3, -0.25) is 0 Å². The second-order valence-electron chi connectivity index (χ2n) is 3.22. The monoisotopic (exact) mass is 227 g/mol. The van der Waals surface area contributed by atoms with Crippen LogP contribution < -0.4 is 10.5 Å². The molecule has 0 saturated heterocycles. The summed E-state index contributed by atoms with van der Waals surface area (Å²) < 4.78 is 5.06. The minimum absolute atomic E-state index is 0.317. The van der Waals surface area contributed by atoms with Crippen molar-refractivity contribution in [3.05, 3.63) is 24.3 Å². The highest BCUT2D eigenvalue weighted by Crippen LogP contribution is 2.22. The Morgan fingerprint density at radius 3 is 2.60 bits per heavy atom. The summed E-state index contributed by atoms with van der Waals surface area (Å²) in [6, 6.07) is 7.80. The molecule has 1 aromatic carbocycles. The minimum Gasteiger partial charge on any atom is -0.497 e. The number of thioether (sulfide) groups is 1. The molecular weight excluding hydrogens is 210 g/mol. The molecule has 0 heterocycles. The fourth-order valence-electron chi connectivity index (χ4n) is 1.14. The smallest absolute Gasteiger partial charge is 0.118 e. The molecule has 0 spiro atoms. The van der Waals surface area contributed by atoms with Crippen LogP contribution in [-0.4, -0.2) is 30.6 Å². The van der Waals surface area contributed by atoms with Crippen LogP contribution in [0, 0.1) is 0 Å². The average Bonchev–Trinajstić information content (AvgIpc) is 2.27. The molecule has 3 nitrogen and oxygen atoms in total. The van der Waals surface area contributed by atoms with Crippen LogP contribution in [0.15, 0.2) is 29.2 Å². The molecule has 0 aliphatic rings. The second kappa shape index (κ2) is 6.71. The number of aliphatic hydroxyl groups excluding tert-OH is 1. The van der Waals surface area contributed by atoms with E-state index in [1.807, 2.05) is 24.3 Å². The molecule has 1 aromatic rings. The van der Waals surface area contributed by atoms with Gasteiger partial charge in [-0.05, 0) is 37.2 Å². The van der Waals surface area contributed by atoms with Gasteiger partial charge in [0.25, 0.3) is 0 Å². The standard InChI is InChI=1S/C11H17NO2S/c1-14-10-2-4-11(5-3-10)15-8-9(13)6-7-12/h2-5,9,13H,6-8,12H2,1H3. The molecule has 3 N–H and O–H groups in total. The van der Waals surface area contributed by atoms with Gasteiger partial charge in [-0.2, -0.15) is 0 Å². The lowest BCUT2D eigenvalue weighted by molar-refractivity contribution is 0.192. The van der Waals surface area contributed by atoms with Crippen LogP contribution in [0.4, 0.5) is 0 Å². The molecule has 0 aliphatic carbocycles. The van der Waals surface area contributed by atoms with E-state index in [2.05, 4.69) is 0 Å². The highest BCUT2D eigenvalue weighted by molar-refractivity contribution is 7.99. The van der Waals surface area contributed by atoms with E-state index in [-0.39, 0.29) is 6.10 Å². The van der Waals surface area contributed by atoms with Gasteiger partial charge < -0.3 is 15.6 Å². The van der Waals surface area contributed by atoms with Gasteiger partial charge in [-0.25, -0.2) is 0 Å². The molecule has 0 aromatic heterocycles. The Hall–Kier alpha value is -0.710. The lowest BCUT2D eigenvalue weighted by atomic mass is 10.3. The van der Waals surface area contributed by atoms with Gasteiger partial charge >= 0.3 is 0 Å². The van der Waals surface area contributed by atoms with E-state index in [4.69, 9.17) is 10.5 Å². The Labute approximate surface area is 94.6 Å². The van der Waals surface area contributed by atoms with Crippen LogP contribution in [0.1, 0.15) is 6.42 Å². The van der Waals surface area contributed by atoms with Crippen LogP contribution in [-0.2, 0) is 0 Å². The number of rotatable bonds is 6. The van der Waals surface area contributed by atoms with E-state index in [0.29, 0.717) is 18.7 Å². The third-order valence-corrected chi connectivity index (χ3v) is 3.16. The molecule has 15 heavy (non-hydrogen) atoms. The van der Waals surface area contributed by atoms with Crippen molar-refractivity contribution in [2.75, 3.05) is 19.4 Å². The first-order valence-corrected chi connectivity index (χ1v) is 5.90. The Balaban J connectivity index is 2.37. The van der Waals surface area contributed by atoms with E-state index in [1.165, 1.54) is 0 Å². The molecule has 84 valence electrons. The van der Waals surface area contributed by atoms with Crippen molar-refractivity contribution in [1.29, 1.82) is 0 Å². The quantitative estimate of drug-likeness (QED) is 0.723. The molecule has 1 unspecified atom stereocenters. The van der Waals surface area contributed by atoms with Crippen LogP contribution in [0.5, 0.6) is 5.75 Å². The highest BCUT2D eigenvalue weighted by atomic mass is 32.2. The fraction of sp³-hybridized carbons (Fsp3) is 0.455. The summed E-state index contributed by atoms with van der Waals surface area (Å²) in [5.41, 5.74) is 5.35. The van der Waals surface area contributed by atoms with Gasteiger partial charge in [-0.1, -0.05) is 0 Å². The Bertz CT molecular complexity index is 276. The third-order valence-electron chi connectivity index (χ3n) is 2.00. The van der Waals surface area contributed by atoms with Crippen molar-refractivity contribution < 1.29 is 9.84 Å². The summed E-state index contributed by atoms with van der Waals surface area (Å²) >= 11 is 1.63. The Kier molecular flexibility index (Phi) is 5.53. The third kappa shape index (κ3) is 4.55. The molecular formula is C11H17NO2S. The number of benzene rings is 1. The number of methoxy groups -OCH3 is 1. The van der Waals surface area contributed by atoms with Crippen LogP contribution in [0.25, 0.3) is 0 Å². The van der Waals surface area contributed by atoms with Gasteiger partial charge in [-0.15, -0.1) is 11.8 Å². The molecule has 1 atom stereocenters. The molecule has 0 amide bonds. The minimum atomic E-state index is -0.317. The Morgan fingerprint density at radius 2 is 2.07 bits per heavy atom. The van der Waals surface area contributed by atoms with Crippen LogP contribution in [0.2, 0.25) is 0 Å². The Morgan fingerprint density at radius 1 is 1.40 bits per heavy atom. The zero-order valence-corrected chi connectivity index (χ0v) is 9.67. The summed E-state index contributed by atoms with van der Waals surface area (Å²) in [5.74, 6) is 1.53. The van der Waals surface area contributed by atoms with Gasteiger partial charge in [0.05, 0.1) is 13.2 Å². The summed E-state index contributed by atoms with van der Waals surface area (Å²) in [5, 5.41) is 9.49. The topological polar surface area (TPSA) is 55.5 Å². The number of hydrogen-bond donors (Lipinski definition) is 2. The van der Waals surface area contributed by atoms with E-state index < -0.39 is 0 Å². The molecule has 0 radical (unpaired) electrons. The summed E-state index contributed by atoms with van der Waals surface area (Å²) in [4.78, 5) is 1.13. The molecule has 0 fully saturated rings. The van der Waals surface area contributed by atoms with Crippen molar-refractivity contribution >= 4 is 11.8 Å². The summed E-state index contributed by atoms with van der Waals surface area (Å²) in [6.07, 6.45) is 0.338. The maximum atomic E-state index is 9.49. The summed E-state index contributed by atoms with van der Waals surface area (Å²) in [7, 11) is 1.65. The van der Waals surface area contributed by atoms with E-state index in [1.54, 1.807) is 18.9 Å². The van der Waals surface area contributed by atoms with Crippen molar-refractivity contribution in [2.24, 2.45) is 5.73 Å². The number of ether oxygens (including phenoxy) is 1. The predicted octanol–water partition coefficient (Wildman–Crippen LogP) is 1.50. The van der Waals surface area contributed by atoms with E-state index >= 15 is 0 Å². The fourth-order valence-corrected chi connectivity index (χ4v) is 2.02. The van der Waals surface area contributed by atoms with Crippen LogP contribution in [0.3, 0.4) is 0 Å². The zero-order valence-electron chi connectivity index (χ0n) is 8.85. The number of nitrogens with two attached hydrogens (primary N) is 1. The number of aliphatic hydroxyl groups is 1. The molecule has 0 bridgehead atoms. The van der Waals surface area contributed by atoms with E-state index in [9.17, 15) is 5.11 Å². The first kappa shape index (κ1) is 12.4. The van der Waals surface area contributed by atoms with Crippen molar-refractivity contribution in [2.45, 2.75) is 17.4 Å². The van der Waals surface area contributed by atoms with Crippen molar-refractivity contribution in [1.82, 2.24) is 0 Å². The summed E-state index contributed by atoms with van der Waals surface area (Å²) in [6.45, 7) is 0.532. The molecule has 4 heteroatoms. The number of hydrogen-bond acceptors (Lipinski definition) is 4. The zero-order chi connectivity index (χ0) is 11.1. The van der Waals surface area contributed by atoms with Crippen LogP contribution >= 0.6 is 11.8 Å². The largest absolute Gasteiger partial charge is 0.497 e. The van der Waals surface area contributed by atoms with Gasteiger partial charge in [0.15, 0.2) is 0 Å². The van der Waals surface area contributed by atoms with Crippen molar-refractivity contribution in [3.63, 3.8) is 0 Å².